The highest BCUT2D eigenvalue weighted by Gasteiger charge is 2.42. The fourth-order valence-corrected chi connectivity index (χ4v) is 4.66. The summed E-state index contributed by atoms with van der Waals surface area (Å²) in [5, 5.41) is 17.3. The summed E-state index contributed by atoms with van der Waals surface area (Å²) in [6, 6.07) is 11.4. The number of amides is 1. The third-order valence-corrected chi connectivity index (χ3v) is 6.05. The summed E-state index contributed by atoms with van der Waals surface area (Å²) in [6.07, 6.45) is 1.04. The van der Waals surface area contributed by atoms with Crippen LogP contribution in [0.5, 0.6) is 0 Å². The number of anilines is 1. The molecule has 1 aromatic heterocycles. The Kier molecular flexibility index (Phi) is 5.61. The number of carbonyl (C=O) groups excluding carboxylic acids is 2. The molecule has 1 aliphatic heterocycles. The van der Waals surface area contributed by atoms with Gasteiger partial charge in [-0.3, -0.25) is 19.7 Å². The van der Waals surface area contributed by atoms with Crippen molar-refractivity contribution in [3.63, 3.8) is 0 Å². The van der Waals surface area contributed by atoms with Gasteiger partial charge in [-0.15, -0.1) is 0 Å². The van der Waals surface area contributed by atoms with Gasteiger partial charge in [0, 0.05) is 52.7 Å². The molecule has 2 aliphatic rings. The summed E-state index contributed by atoms with van der Waals surface area (Å²) in [5.41, 5.74) is 3.58. The van der Waals surface area contributed by atoms with E-state index in [1.54, 1.807) is 24.3 Å². The molecule has 8 heteroatoms. The molecule has 0 spiro atoms. The minimum atomic E-state index is -0.629. The Morgan fingerprint density at radius 1 is 1.15 bits per heavy atom. The number of rotatable bonds is 4. The maximum Gasteiger partial charge on any atom is 0.269 e. The Labute approximate surface area is 192 Å². The number of nitrogens with zero attached hydrogens (tertiary/aromatic N) is 2. The number of benzene rings is 1. The Hall–Kier alpha value is -3.81. The van der Waals surface area contributed by atoms with Gasteiger partial charge >= 0.3 is 0 Å². The van der Waals surface area contributed by atoms with Crippen LogP contribution in [-0.2, 0) is 9.59 Å². The standard InChI is InChI=1S/C25H26N4O4/c1-14-6-5-7-20(26-14)28-24(31)21-15(2)27-18-12-25(3,4)13-19(30)23(18)22(21)16-8-10-17(11-9-16)29(32)33/h5-11,22,27H,12-13H2,1-4H3,(H,26,28,31)/t22-/m1/s1. The van der Waals surface area contributed by atoms with Gasteiger partial charge in [-0.05, 0) is 43.4 Å². The van der Waals surface area contributed by atoms with E-state index >= 15 is 0 Å². The van der Waals surface area contributed by atoms with E-state index in [9.17, 15) is 19.7 Å². The normalized spacial score (nSPS) is 19.6. The first kappa shape index (κ1) is 22.4. The van der Waals surface area contributed by atoms with Crippen LogP contribution in [-0.4, -0.2) is 21.6 Å². The number of nitro groups is 1. The SMILES string of the molecule is CC1=C(C(=O)Nc2cccc(C)n2)[C@@H](c2ccc([N+](=O)[O-])cc2)C2=C(CC(C)(C)CC2=O)N1. The zero-order valence-corrected chi connectivity index (χ0v) is 19.1. The first-order valence-corrected chi connectivity index (χ1v) is 10.8. The third kappa shape index (κ3) is 4.41. The van der Waals surface area contributed by atoms with Crippen molar-refractivity contribution in [3.05, 3.63) is 86.4 Å². The molecule has 8 nitrogen and oxygen atoms in total. The van der Waals surface area contributed by atoms with Crippen LogP contribution in [0, 0.1) is 22.5 Å². The van der Waals surface area contributed by atoms with E-state index in [4.69, 9.17) is 0 Å². The van der Waals surface area contributed by atoms with Crippen molar-refractivity contribution < 1.29 is 14.5 Å². The molecule has 33 heavy (non-hydrogen) atoms. The van der Waals surface area contributed by atoms with Crippen LogP contribution in [0.3, 0.4) is 0 Å². The average Bonchev–Trinajstić information content (AvgIpc) is 2.71. The van der Waals surface area contributed by atoms with Crippen molar-refractivity contribution >= 4 is 23.2 Å². The number of pyridine rings is 1. The highest BCUT2D eigenvalue weighted by molar-refractivity contribution is 6.09. The Morgan fingerprint density at radius 2 is 1.85 bits per heavy atom. The van der Waals surface area contributed by atoms with Crippen molar-refractivity contribution in [2.24, 2.45) is 5.41 Å². The number of aromatic nitrogens is 1. The molecule has 2 N–H and O–H groups in total. The second-order valence-corrected chi connectivity index (χ2v) is 9.40. The van der Waals surface area contributed by atoms with E-state index in [1.165, 1.54) is 12.1 Å². The lowest BCUT2D eigenvalue weighted by molar-refractivity contribution is -0.384. The Morgan fingerprint density at radius 3 is 2.48 bits per heavy atom. The number of aryl methyl sites for hydroxylation is 1. The largest absolute Gasteiger partial charge is 0.362 e. The second-order valence-electron chi connectivity index (χ2n) is 9.40. The highest BCUT2D eigenvalue weighted by Crippen LogP contribution is 2.46. The Balaban J connectivity index is 1.81. The molecule has 170 valence electrons. The fraction of sp³-hybridized carbons (Fsp3) is 0.320. The molecule has 2 heterocycles. The minimum absolute atomic E-state index is 0.0245. The molecule has 1 amide bonds. The number of hydrogen-bond donors (Lipinski definition) is 2. The molecular formula is C25H26N4O4. The molecule has 1 aliphatic carbocycles. The van der Waals surface area contributed by atoms with Crippen molar-refractivity contribution in [1.29, 1.82) is 0 Å². The molecule has 0 bridgehead atoms. The summed E-state index contributed by atoms with van der Waals surface area (Å²) < 4.78 is 0. The van der Waals surface area contributed by atoms with Crippen molar-refractivity contribution in [2.45, 2.75) is 46.5 Å². The maximum atomic E-state index is 13.5. The lowest BCUT2D eigenvalue weighted by Crippen LogP contribution is -2.39. The van der Waals surface area contributed by atoms with Gasteiger partial charge in [0.15, 0.2) is 5.78 Å². The first-order chi connectivity index (χ1) is 15.6. The monoisotopic (exact) mass is 446 g/mol. The summed E-state index contributed by atoms with van der Waals surface area (Å²) in [6.45, 7) is 7.73. The third-order valence-electron chi connectivity index (χ3n) is 6.05. The van der Waals surface area contributed by atoms with Gasteiger partial charge in [0.2, 0.25) is 0 Å². The smallest absolute Gasteiger partial charge is 0.269 e. The number of carbonyl (C=O) groups is 2. The summed E-state index contributed by atoms with van der Waals surface area (Å²) >= 11 is 0. The van der Waals surface area contributed by atoms with Crippen molar-refractivity contribution in [1.82, 2.24) is 10.3 Å². The summed E-state index contributed by atoms with van der Waals surface area (Å²) in [4.78, 5) is 41.8. The number of ketones is 1. The van der Waals surface area contributed by atoms with Gasteiger partial charge in [-0.25, -0.2) is 4.98 Å². The van der Waals surface area contributed by atoms with E-state index in [0.29, 0.717) is 41.1 Å². The van der Waals surface area contributed by atoms with Gasteiger partial charge < -0.3 is 10.6 Å². The van der Waals surface area contributed by atoms with Crippen LogP contribution in [0.15, 0.2) is 65.0 Å². The molecule has 2 aromatic rings. The zero-order valence-electron chi connectivity index (χ0n) is 19.1. The zero-order chi connectivity index (χ0) is 23.9. The van der Waals surface area contributed by atoms with E-state index in [0.717, 1.165) is 11.4 Å². The summed E-state index contributed by atoms with van der Waals surface area (Å²) in [5.74, 6) is -0.608. The Bertz CT molecular complexity index is 1230. The molecule has 4 rings (SSSR count). The predicted octanol–water partition coefficient (Wildman–Crippen LogP) is 4.54. The van der Waals surface area contributed by atoms with Crippen LogP contribution in [0.4, 0.5) is 11.5 Å². The first-order valence-electron chi connectivity index (χ1n) is 10.8. The van der Waals surface area contributed by atoms with E-state index < -0.39 is 10.8 Å². The molecule has 1 aromatic carbocycles. The number of nitrogens with one attached hydrogen (secondary N) is 2. The van der Waals surface area contributed by atoms with Crippen LogP contribution in [0.25, 0.3) is 0 Å². The van der Waals surface area contributed by atoms with E-state index in [1.807, 2.05) is 33.8 Å². The van der Waals surface area contributed by atoms with Gasteiger partial charge in [0.25, 0.3) is 11.6 Å². The molecule has 0 fully saturated rings. The number of hydrogen-bond acceptors (Lipinski definition) is 6. The lowest BCUT2D eigenvalue weighted by Gasteiger charge is -2.39. The lowest BCUT2D eigenvalue weighted by atomic mass is 9.68. The second kappa shape index (κ2) is 8.27. The van der Waals surface area contributed by atoms with Gasteiger partial charge in [-0.1, -0.05) is 32.0 Å². The number of dihydropyridines is 1. The van der Waals surface area contributed by atoms with Crippen LogP contribution in [0.2, 0.25) is 0 Å². The number of nitro benzene ring substituents is 1. The van der Waals surface area contributed by atoms with Gasteiger partial charge in [0.1, 0.15) is 5.82 Å². The number of Topliss-reactive ketones (excluding diaryl/α,β-unsaturated/α-hetero) is 1. The highest BCUT2D eigenvalue weighted by atomic mass is 16.6. The van der Waals surface area contributed by atoms with Gasteiger partial charge in [-0.2, -0.15) is 0 Å². The average molecular weight is 447 g/mol. The van der Waals surface area contributed by atoms with Crippen molar-refractivity contribution in [3.8, 4) is 0 Å². The quantitative estimate of drug-likeness (QED) is 0.526. The topological polar surface area (TPSA) is 114 Å². The molecule has 0 unspecified atom stereocenters. The summed E-state index contributed by atoms with van der Waals surface area (Å²) in [7, 11) is 0. The molecule has 0 saturated carbocycles. The van der Waals surface area contributed by atoms with E-state index in [2.05, 4.69) is 15.6 Å². The molecule has 0 saturated heterocycles. The molecule has 0 radical (unpaired) electrons. The molecular weight excluding hydrogens is 420 g/mol. The van der Waals surface area contributed by atoms with Crippen LogP contribution < -0.4 is 10.6 Å². The predicted molar refractivity (Wildman–Crippen MR) is 124 cm³/mol. The number of allylic oxidation sites excluding steroid dienone is 3. The van der Waals surface area contributed by atoms with Crippen LogP contribution >= 0.6 is 0 Å². The van der Waals surface area contributed by atoms with Crippen molar-refractivity contribution in [2.75, 3.05) is 5.32 Å². The molecule has 1 atom stereocenters. The fourth-order valence-electron chi connectivity index (χ4n) is 4.66. The van der Waals surface area contributed by atoms with Gasteiger partial charge in [0.05, 0.1) is 4.92 Å². The number of non-ortho nitro benzene ring substituents is 1. The minimum Gasteiger partial charge on any atom is -0.362 e. The maximum absolute atomic E-state index is 13.5. The van der Waals surface area contributed by atoms with Crippen LogP contribution in [0.1, 0.15) is 50.8 Å². The van der Waals surface area contributed by atoms with E-state index in [-0.39, 0.29) is 22.8 Å².